The summed E-state index contributed by atoms with van der Waals surface area (Å²) in [6.45, 7) is 13.9. The first-order valence-electron chi connectivity index (χ1n) is 6.89. The molecule has 2 saturated heterocycles. The molecule has 0 aliphatic carbocycles. The largest absolute Gasteiger partial charge is 0.379 e. The minimum atomic E-state index is 0.654. The van der Waals surface area contributed by atoms with Crippen molar-refractivity contribution in [3.05, 3.63) is 0 Å². The lowest BCUT2D eigenvalue weighted by Crippen LogP contribution is -2.48. The minimum absolute atomic E-state index is 0.654. The van der Waals surface area contributed by atoms with Crippen molar-refractivity contribution in [3.8, 4) is 0 Å². The number of morpholine rings is 2. The third kappa shape index (κ3) is 3.91. The molecule has 0 bridgehead atoms. The van der Waals surface area contributed by atoms with E-state index < -0.39 is 0 Å². The third-order valence-corrected chi connectivity index (χ3v) is 4.10. The van der Waals surface area contributed by atoms with Crippen molar-refractivity contribution in [1.29, 1.82) is 0 Å². The van der Waals surface area contributed by atoms with Crippen molar-refractivity contribution in [2.24, 2.45) is 5.92 Å². The molecule has 2 rings (SSSR count). The van der Waals surface area contributed by atoms with Gasteiger partial charge in [0.15, 0.2) is 0 Å². The first kappa shape index (κ1) is 13.3. The molecule has 2 aliphatic rings. The van der Waals surface area contributed by atoms with Crippen molar-refractivity contribution in [2.45, 2.75) is 19.9 Å². The van der Waals surface area contributed by atoms with Gasteiger partial charge < -0.3 is 9.47 Å². The van der Waals surface area contributed by atoms with Crippen LogP contribution in [-0.2, 0) is 9.47 Å². The quantitative estimate of drug-likeness (QED) is 0.723. The minimum Gasteiger partial charge on any atom is -0.379 e. The zero-order valence-corrected chi connectivity index (χ0v) is 11.2. The first-order chi connectivity index (χ1) is 8.27. The topological polar surface area (TPSA) is 24.9 Å². The van der Waals surface area contributed by atoms with E-state index in [9.17, 15) is 0 Å². The highest BCUT2D eigenvalue weighted by Crippen LogP contribution is 2.14. The molecular formula is C13H26N2O2. The van der Waals surface area contributed by atoms with Crippen LogP contribution in [0.25, 0.3) is 0 Å². The van der Waals surface area contributed by atoms with E-state index in [0.29, 0.717) is 12.0 Å². The Hall–Kier alpha value is -0.160. The summed E-state index contributed by atoms with van der Waals surface area (Å²) in [6.07, 6.45) is 0. The highest BCUT2D eigenvalue weighted by Gasteiger charge is 2.24. The van der Waals surface area contributed by atoms with Crippen molar-refractivity contribution in [2.75, 3.05) is 59.2 Å². The fourth-order valence-electron chi connectivity index (χ4n) is 2.69. The number of nitrogens with zero attached hydrogens (tertiary/aromatic N) is 2. The SMILES string of the molecule is CC(CN1CCOCC1)C(C)N1CCOCC1. The van der Waals surface area contributed by atoms with Gasteiger partial charge in [-0.15, -0.1) is 0 Å². The van der Waals surface area contributed by atoms with Crippen LogP contribution < -0.4 is 0 Å². The predicted molar refractivity (Wildman–Crippen MR) is 68.3 cm³/mol. The Labute approximate surface area is 105 Å². The maximum atomic E-state index is 5.41. The lowest BCUT2D eigenvalue weighted by molar-refractivity contribution is -0.00530. The van der Waals surface area contributed by atoms with Gasteiger partial charge in [-0.25, -0.2) is 0 Å². The van der Waals surface area contributed by atoms with Crippen molar-refractivity contribution in [3.63, 3.8) is 0 Å². The maximum absolute atomic E-state index is 5.41. The Morgan fingerprint density at radius 2 is 1.41 bits per heavy atom. The molecule has 4 nitrogen and oxygen atoms in total. The Kier molecular flexibility index (Phi) is 5.22. The van der Waals surface area contributed by atoms with E-state index in [1.165, 1.54) is 6.54 Å². The number of hydrogen-bond acceptors (Lipinski definition) is 4. The molecular weight excluding hydrogens is 216 g/mol. The van der Waals surface area contributed by atoms with Crippen LogP contribution >= 0.6 is 0 Å². The molecule has 0 aromatic rings. The van der Waals surface area contributed by atoms with Crippen LogP contribution in [0.15, 0.2) is 0 Å². The van der Waals surface area contributed by atoms with Crippen molar-refractivity contribution in [1.82, 2.24) is 9.80 Å². The first-order valence-corrected chi connectivity index (χ1v) is 6.89. The van der Waals surface area contributed by atoms with Crippen molar-refractivity contribution >= 4 is 0 Å². The average molecular weight is 242 g/mol. The van der Waals surface area contributed by atoms with Crippen LogP contribution in [0.2, 0.25) is 0 Å². The van der Waals surface area contributed by atoms with Gasteiger partial charge in [0.25, 0.3) is 0 Å². The normalized spacial score (nSPS) is 27.9. The van der Waals surface area contributed by atoms with E-state index in [2.05, 4.69) is 23.6 Å². The molecule has 2 atom stereocenters. The fraction of sp³-hybridized carbons (Fsp3) is 1.00. The number of hydrogen-bond donors (Lipinski definition) is 0. The maximum Gasteiger partial charge on any atom is 0.0594 e. The summed E-state index contributed by atoms with van der Waals surface area (Å²) in [7, 11) is 0. The second-order valence-electron chi connectivity index (χ2n) is 5.28. The van der Waals surface area contributed by atoms with E-state index in [-0.39, 0.29) is 0 Å². The smallest absolute Gasteiger partial charge is 0.0594 e. The Balaban J connectivity index is 1.75. The summed E-state index contributed by atoms with van der Waals surface area (Å²) in [5.74, 6) is 0.714. The molecule has 4 heteroatoms. The Bertz CT molecular complexity index is 213. The Morgan fingerprint density at radius 3 is 2.00 bits per heavy atom. The lowest BCUT2D eigenvalue weighted by atomic mass is 10.0. The van der Waals surface area contributed by atoms with Crippen LogP contribution in [0.5, 0.6) is 0 Å². The van der Waals surface area contributed by atoms with E-state index in [4.69, 9.17) is 9.47 Å². The van der Waals surface area contributed by atoms with Gasteiger partial charge in [0.1, 0.15) is 0 Å². The monoisotopic (exact) mass is 242 g/mol. The van der Waals surface area contributed by atoms with Gasteiger partial charge in [-0.2, -0.15) is 0 Å². The molecule has 100 valence electrons. The van der Waals surface area contributed by atoms with E-state index in [0.717, 1.165) is 52.6 Å². The van der Waals surface area contributed by atoms with Crippen molar-refractivity contribution < 1.29 is 9.47 Å². The van der Waals surface area contributed by atoms with Crippen LogP contribution in [0.4, 0.5) is 0 Å². The van der Waals surface area contributed by atoms with Gasteiger partial charge in [-0.05, 0) is 12.8 Å². The van der Waals surface area contributed by atoms with Gasteiger partial charge in [-0.3, -0.25) is 9.80 Å². The predicted octanol–water partition coefficient (Wildman–Crippen LogP) is 0.675. The molecule has 2 unspecified atom stereocenters. The summed E-state index contributed by atoms with van der Waals surface area (Å²) < 4.78 is 10.8. The number of ether oxygens (including phenoxy) is 2. The molecule has 0 aromatic heterocycles. The van der Waals surface area contributed by atoms with Gasteiger partial charge in [-0.1, -0.05) is 6.92 Å². The average Bonchev–Trinajstić information content (AvgIpc) is 2.40. The zero-order valence-electron chi connectivity index (χ0n) is 11.2. The van der Waals surface area contributed by atoms with E-state index >= 15 is 0 Å². The zero-order chi connectivity index (χ0) is 12.1. The fourth-order valence-corrected chi connectivity index (χ4v) is 2.69. The molecule has 0 spiro atoms. The molecule has 2 aliphatic heterocycles. The molecule has 2 heterocycles. The Morgan fingerprint density at radius 1 is 0.882 bits per heavy atom. The summed E-state index contributed by atoms with van der Waals surface area (Å²) >= 11 is 0. The molecule has 0 aromatic carbocycles. The van der Waals surface area contributed by atoms with Gasteiger partial charge in [0.05, 0.1) is 26.4 Å². The van der Waals surface area contributed by atoms with Gasteiger partial charge >= 0.3 is 0 Å². The summed E-state index contributed by atoms with van der Waals surface area (Å²) in [4.78, 5) is 5.10. The number of rotatable bonds is 4. The second-order valence-corrected chi connectivity index (χ2v) is 5.28. The highest BCUT2D eigenvalue weighted by atomic mass is 16.5. The van der Waals surface area contributed by atoms with E-state index in [1.54, 1.807) is 0 Å². The molecule has 2 fully saturated rings. The van der Waals surface area contributed by atoms with Crippen LogP contribution in [0, 0.1) is 5.92 Å². The molecule has 0 N–H and O–H groups in total. The van der Waals surface area contributed by atoms with Crippen LogP contribution in [-0.4, -0.2) is 75.0 Å². The summed E-state index contributed by atoms with van der Waals surface area (Å²) in [5.41, 5.74) is 0. The van der Waals surface area contributed by atoms with E-state index in [1.807, 2.05) is 0 Å². The second kappa shape index (κ2) is 6.69. The third-order valence-electron chi connectivity index (χ3n) is 4.10. The molecule has 0 saturated carbocycles. The molecule has 17 heavy (non-hydrogen) atoms. The van der Waals surface area contributed by atoms with Gasteiger partial charge in [0.2, 0.25) is 0 Å². The molecule has 0 amide bonds. The highest BCUT2D eigenvalue weighted by molar-refractivity contribution is 4.78. The summed E-state index contributed by atoms with van der Waals surface area (Å²) in [5, 5.41) is 0. The lowest BCUT2D eigenvalue weighted by Gasteiger charge is -2.38. The summed E-state index contributed by atoms with van der Waals surface area (Å²) in [6, 6.07) is 0.654. The van der Waals surface area contributed by atoms with Crippen LogP contribution in [0.1, 0.15) is 13.8 Å². The standard InChI is InChI=1S/C13H26N2O2/c1-12(11-14-3-7-16-8-4-14)13(2)15-5-9-17-10-6-15/h12-13H,3-11H2,1-2H3. The molecule has 0 radical (unpaired) electrons. The van der Waals surface area contributed by atoms with Crippen LogP contribution in [0.3, 0.4) is 0 Å². The van der Waals surface area contributed by atoms with Gasteiger partial charge in [0, 0.05) is 38.8 Å².